The highest BCUT2D eigenvalue weighted by atomic mass is 16.1. The summed E-state index contributed by atoms with van der Waals surface area (Å²) in [5, 5.41) is 7.33. The van der Waals surface area contributed by atoms with Crippen LogP contribution < -0.4 is 5.32 Å². The quantitative estimate of drug-likeness (QED) is 0.790. The van der Waals surface area contributed by atoms with E-state index in [1.54, 1.807) is 23.1 Å². The van der Waals surface area contributed by atoms with Crippen molar-refractivity contribution >= 4 is 22.8 Å². The summed E-state index contributed by atoms with van der Waals surface area (Å²) in [6.45, 7) is 6.25. The molecule has 3 heterocycles. The zero-order valence-electron chi connectivity index (χ0n) is 13.7. The highest BCUT2D eigenvalue weighted by Gasteiger charge is 2.20. The Bertz CT molecular complexity index is 876. The summed E-state index contributed by atoms with van der Waals surface area (Å²) in [7, 11) is 1.81. The Balaban J connectivity index is 1.87. The molecule has 0 fully saturated rings. The van der Waals surface area contributed by atoms with Crippen LogP contribution in [0.5, 0.6) is 0 Å². The monoisotopic (exact) mass is 309 g/mol. The maximum atomic E-state index is 12.4. The summed E-state index contributed by atoms with van der Waals surface area (Å²) in [5.41, 5.74) is 2.78. The summed E-state index contributed by atoms with van der Waals surface area (Å²) in [5.74, 6) is 0.426. The van der Waals surface area contributed by atoms with Crippen molar-refractivity contribution in [2.75, 3.05) is 5.32 Å². The van der Waals surface area contributed by atoms with E-state index in [4.69, 9.17) is 0 Å². The van der Waals surface area contributed by atoms with Crippen molar-refractivity contribution in [2.24, 2.45) is 7.05 Å². The van der Waals surface area contributed by atoms with Gasteiger partial charge in [0.1, 0.15) is 5.82 Å². The Morgan fingerprint density at radius 2 is 1.96 bits per heavy atom. The van der Waals surface area contributed by atoms with Crippen LogP contribution in [-0.4, -0.2) is 25.7 Å². The summed E-state index contributed by atoms with van der Waals surface area (Å²) in [6.07, 6.45) is 3.24. The van der Waals surface area contributed by atoms with Crippen LogP contribution in [0.2, 0.25) is 0 Å². The molecule has 6 heteroatoms. The zero-order chi connectivity index (χ0) is 16.6. The number of rotatable bonds is 2. The molecule has 0 atom stereocenters. The van der Waals surface area contributed by atoms with Gasteiger partial charge in [-0.05, 0) is 18.2 Å². The molecule has 0 radical (unpaired) electrons. The minimum absolute atomic E-state index is 0.0742. The molecule has 0 aliphatic carbocycles. The molecular weight excluding hydrogens is 290 g/mol. The summed E-state index contributed by atoms with van der Waals surface area (Å²) >= 11 is 0. The number of fused-ring (bicyclic) bond motifs is 1. The van der Waals surface area contributed by atoms with E-state index >= 15 is 0 Å². The van der Waals surface area contributed by atoms with Crippen molar-refractivity contribution in [1.82, 2.24) is 19.7 Å². The van der Waals surface area contributed by atoms with Crippen molar-refractivity contribution in [2.45, 2.75) is 26.2 Å². The van der Waals surface area contributed by atoms with Gasteiger partial charge in [0.15, 0.2) is 0 Å². The van der Waals surface area contributed by atoms with Crippen LogP contribution in [0.25, 0.3) is 11.0 Å². The lowest BCUT2D eigenvalue weighted by molar-refractivity contribution is 0.102. The fraction of sp³-hybridized carbons (Fsp3) is 0.294. The van der Waals surface area contributed by atoms with E-state index in [9.17, 15) is 4.79 Å². The zero-order valence-corrected chi connectivity index (χ0v) is 13.7. The second-order valence-electron chi connectivity index (χ2n) is 6.51. The summed E-state index contributed by atoms with van der Waals surface area (Å²) in [4.78, 5) is 20.9. The first-order valence-electron chi connectivity index (χ1n) is 7.41. The second kappa shape index (κ2) is 5.46. The highest BCUT2D eigenvalue weighted by Crippen LogP contribution is 2.23. The van der Waals surface area contributed by atoms with Gasteiger partial charge in [0, 0.05) is 30.9 Å². The molecular formula is C17H19N5O. The summed E-state index contributed by atoms with van der Waals surface area (Å²) in [6, 6.07) is 7.31. The van der Waals surface area contributed by atoms with Crippen molar-refractivity contribution in [3.63, 3.8) is 0 Å². The van der Waals surface area contributed by atoms with Gasteiger partial charge in [-0.3, -0.25) is 19.4 Å². The van der Waals surface area contributed by atoms with Crippen LogP contribution >= 0.6 is 0 Å². The average molecular weight is 309 g/mol. The maximum absolute atomic E-state index is 12.4. The van der Waals surface area contributed by atoms with E-state index < -0.39 is 0 Å². The third-order valence-corrected chi connectivity index (χ3v) is 3.60. The number of nitrogens with one attached hydrogen (secondary N) is 1. The largest absolute Gasteiger partial charge is 0.307 e. The number of anilines is 1. The minimum Gasteiger partial charge on any atom is -0.307 e. The SMILES string of the molecule is Cn1nc(C(C)(C)C)cc1NC(=O)c1cnc2cccnc2c1. The van der Waals surface area contributed by atoms with Crippen LogP contribution in [0.1, 0.15) is 36.8 Å². The second-order valence-corrected chi connectivity index (χ2v) is 6.51. The molecule has 3 aromatic heterocycles. The molecule has 0 saturated carbocycles. The van der Waals surface area contributed by atoms with Gasteiger partial charge in [-0.2, -0.15) is 5.10 Å². The molecule has 23 heavy (non-hydrogen) atoms. The van der Waals surface area contributed by atoms with E-state index in [1.807, 2.05) is 25.2 Å². The maximum Gasteiger partial charge on any atom is 0.258 e. The Kier molecular flexibility index (Phi) is 3.60. The third-order valence-electron chi connectivity index (χ3n) is 3.60. The van der Waals surface area contributed by atoms with E-state index in [2.05, 4.69) is 41.2 Å². The lowest BCUT2D eigenvalue weighted by Crippen LogP contribution is -2.14. The number of hydrogen-bond acceptors (Lipinski definition) is 4. The molecule has 3 aromatic rings. The smallest absolute Gasteiger partial charge is 0.258 e. The van der Waals surface area contributed by atoms with Gasteiger partial charge in [0.25, 0.3) is 5.91 Å². The predicted octanol–water partition coefficient (Wildman–Crippen LogP) is 2.91. The van der Waals surface area contributed by atoms with Gasteiger partial charge in [-0.25, -0.2) is 0 Å². The first-order chi connectivity index (χ1) is 10.8. The minimum atomic E-state index is -0.228. The van der Waals surface area contributed by atoms with E-state index in [0.717, 1.165) is 11.2 Å². The third kappa shape index (κ3) is 3.06. The molecule has 1 N–H and O–H groups in total. The normalized spacial score (nSPS) is 11.7. The van der Waals surface area contributed by atoms with Crippen LogP contribution in [-0.2, 0) is 12.5 Å². The number of aromatic nitrogens is 4. The van der Waals surface area contributed by atoms with Gasteiger partial charge in [0.05, 0.1) is 22.3 Å². The first kappa shape index (κ1) is 15.1. The molecule has 0 unspecified atom stereocenters. The van der Waals surface area contributed by atoms with Crippen molar-refractivity contribution < 1.29 is 4.79 Å². The molecule has 6 nitrogen and oxygen atoms in total. The number of pyridine rings is 2. The number of amides is 1. The molecule has 0 aliphatic heterocycles. The van der Waals surface area contributed by atoms with Crippen molar-refractivity contribution in [3.8, 4) is 0 Å². The van der Waals surface area contributed by atoms with Crippen LogP contribution in [0, 0.1) is 0 Å². The summed E-state index contributed by atoms with van der Waals surface area (Å²) < 4.78 is 1.67. The molecule has 0 aliphatic rings. The number of aryl methyl sites for hydroxylation is 1. The molecule has 3 rings (SSSR count). The molecule has 0 saturated heterocycles. The standard InChI is InChI=1S/C17H19N5O/c1-17(2,3)14-9-15(22(4)21-14)20-16(23)11-8-13-12(19-10-11)6-5-7-18-13/h5-10H,1-4H3,(H,20,23). The molecule has 0 bridgehead atoms. The topological polar surface area (TPSA) is 72.7 Å². The molecule has 0 aromatic carbocycles. The van der Waals surface area contributed by atoms with Gasteiger partial charge >= 0.3 is 0 Å². The van der Waals surface area contributed by atoms with Crippen molar-refractivity contribution in [1.29, 1.82) is 0 Å². The number of hydrogen-bond donors (Lipinski definition) is 1. The van der Waals surface area contributed by atoms with Gasteiger partial charge < -0.3 is 5.32 Å². The Morgan fingerprint density at radius 3 is 2.65 bits per heavy atom. The Hall–Kier alpha value is -2.76. The Labute approximate surface area is 134 Å². The van der Waals surface area contributed by atoms with Gasteiger partial charge in [0.2, 0.25) is 0 Å². The fourth-order valence-corrected chi connectivity index (χ4v) is 2.22. The van der Waals surface area contributed by atoms with Crippen molar-refractivity contribution in [3.05, 3.63) is 47.9 Å². The van der Waals surface area contributed by atoms with Crippen LogP contribution in [0.15, 0.2) is 36.7 Å². The lowest BCUT2D eigenvalue weighted by Gasteiger charge is -2.13. The number of carbonyl (C=O) groups excluding carboxylic acids is 1. The van der Waals surface area contributed by atoms with E-state index in [1.165, 1.54) is 0 Å². The average Bonchev–Trinajstić information content (AvgIpc) is 2.88. The van der Waals surface area contributed by atoms with Gasteiger partial charge in [-0.1, -0.05) is 20.8 Å². The molecule has 0 spiro atoms. The predicted molar refractivity (Wildman–Crippen MR) is 89.4 cm³/mol. The van der Waals surface area contributed by atoms with Crippen LogP contribution in [0.4, 0.5) is 5.82 Å². The van der Waals surface area contributed by atoms with E-state index in [0.29, 0.717) is 16.9 Å². The van der Waals surface area contributed by atoms with Gasteiger partial charge in [-0.15, -0.1) is 0 Å². The fourth-order valence-electron chi connectivity index (χ4n) is 2.22. The van der Waals surface area contributed by atoms with E-state index in [-0.39, 0.29) is 11.3 Å². The first-order valence-corrected chi connectivity index (χ1v) is 7.41. The number of carbonyl (C=O) groups is 1. The lowest BCUT2D eigenvalue weighted by atomic mass is 9.92. The molecule has 118 valence electrons. The number of nitrogens with zero attached hydrogens (tertiary/aromatic N) is 4. The Morgan fingerprint density at radius 1 is 1.17 bits per heavy atom. The highest BCUT2D eigenvalue weighted by molar-refractivity contribution is 6.05. The van der Waals surface area contributed by atoms with Crippen LogP contribution in [0.3, 0.4) is 0 Å². The molecule has 1 amide bonds.